The Kier molecular flexibility index (Phi) is 4.49. The summed E-state index contributed by atoms with van der Waals surface area (Å²) < 4.78 is 12.5. The van der Waals surface area contributed by atoms with E-state index in [1.54, 1.807) is 14.2 Å². The highest BCUT2D eigenvalue weighted by atomic mass is 16.5. The van der Waals surface area contributed by atoms with Crippen LogP contribution in [0.3, 0.4) is 0 Å². The second-order valence-electron chi connectivity index (χ2n) is 7.94. The van der Waals surface area contributed by atoms with Crippen LogP contribution in [0.1, 0.15) is 35.4 Å². The number of aromatic nitrogens is 3. The highest BCUT2D eigenvalue weighted by molar-refractivity contribution is 5.76. The van der Waals surface area contributed by atoms with E-state index in [9.17, 15) is 10.1 Å². The van der Waals surface area contributed by atoms with E-state index in [2.05, 4.69) is 5.10 Å². The first-order valence-corrected chi connectivity index (χ1v) is 10.3. The third kappa shape index (κ3) is 2.86. The summed E-state index contributed by atoms with van der Waals surface area (Å²) in [6, 6.07) is 9.40. The maximum absolute atomic E-state index is 13.2. The lowest BCUT2D eigenvalue weighted by Gasteiger charge is -2.24. The van der Waals surface area contributed by atoms with Gasteiger partial charge in [0.1, 0.15) is 17.0 Å². The molecule has 1 aliphatic carbocycles. The smallest absolute Gasteiger partial charge is 0.318 e. The Morgan fingerprint density at radius 3 is 2.53 bits per heavy atom. The number of anilines is 1. The van der Waals surface area contributed by atoms with Gasteiger partial charge < -0.3 is 24.3 Å². The number of nitrogens with zero attached hydrogens (tertiary/aromatic N) is 4. The standard InChI is InChI=1S/C22H24N4O4/c1-29-19-7-4-8-20(30-2)21(19)16-9-10-24(13-16)22-23-26(28)18-12-15-6-3-5-14(15)11-17(18)25(22)27/h4,7-8,11-12,16H,3,5-6,9-10,13H2,1-2H3. The van der Waals surface area contributed by atoms with Crippen molar-refractivity contribution in [3.63, 3.8) is 0 Å². The summed E-state index contributed by atoms with van der Waals surface area (Å²) in [4.78, 5) is 14.5. The summed E-state index contributed by atoms with van der Waals surface area (Å²) in [7, 11) is 3.28. The van der Waals surface area contributed by atoms with Gasteiger partial charge in [0.25, 0.3) is 5.95 Å². The Morgan fingerprint density at radius 1 is 1.13 bits per heavy atom. The lowest BCUT2D eigenvalue weighted by Crippen LogP contribution is -2.32. The van der Waals surface area contributed by atoms with Crippen molar-refractivity contribution in [1.82, 2.24) is 9.83 Å². The molecule has 2 heterocycles. The van der Waals surface area contributed by atoms with Crippen LogP contribution in [0, 0.1) is 10.1 Å². The molecule has 1 aromatic heterocycles. The van der Waals surface area contributed by atoms with E-state index in [4.69, 9.17) is 9.47 Å². The van der Waals surface area contributed by atoms with Gasteiger partial charge in [-0.2, -0.15) is 0 Å². The summed E-state index contributed by atoms with van der Waals surface area (Å²) >= 11 is 0. The van der Waals surface area contributed by atoms with Crippen molar-refractivity contribution in [2.75, 3.05) is 32.2 Å². The van der Waals surface area contributed by atoms with Crippen LogP contribution in [0.2, 0.25) is 0 Å². The Balaban J connectivity index is 1.53. The van der Waals surface area contributed by atoms with Crippen LogP contribution in [0.5, 0.6) is 11.5 Å². The third-order valence-corrected chi connectivity index (χ3v) is 6.32. The van der Waals surface area contributed by atoms with Gasteiger partial charge in [-0.25, -0.2) is 0 Å². The molecule has 1 saturated heterocycles. The molecule has 0 bridgehead atoms. The van der Waals surface area contributed by atoms with Gasteiger partial charge in [0, 0.05) is 30.6 Å². The highest BCUT2D eigenvalue weighted by Gasteiger charge is 2.32. The zero-order chi connectivity index (χ0) is 20.8. The van der Waals surface area contributed by atoms with Crippen molar-refractivity contribution in [3.8, 4) is 11.5 Å². The molecule has 30 heavy (non-hydrogen) atoms. The fourth-order valence-corrected chi connectivity index (χ4v) is 4.85. The first-order valence-electron chi connectivity index (χ1n) is 10.3. The van der Waals surface area contributed by atoms with Crippen LogP contribution in [0.25, 0.3) is 11.0 Å². The Morgan fingerprint density at radius 2 is 1.83 bits per heavy atom. The summed E-state index contributed by atoms with van der Waals surface area (Å²) in [6.45, 7) is 1.18. The first kappa shape index (κ1) is 18.7. The monoisotopic (exact) mass is 408 g/mol. The van der Waals surface area contributed by atoms with Crippen LogP contribution in [-0.2, 0) is 12.8 Å². The predicted octanol–water partition coefficient (Wildman–Crippen LogP) is 2.80. The van der Waals surface area contributed by atoms with Crippen molar-refractivity contribution >= 4 is 17.0 Å². The molecule has 1 unspecified atom stereocenters. The van der Waals surface area contributed by atoms with E-state index < -0.39 is 0 Å². The molecule has 2 aromatic carbocycles. The molecule has 8 nitrogen and oxygen atoms in total. The number of fused-ring (bicyclic) bond motifs is 2. The van der Waals surface area contributed by atoms with Crippen molar-refractivity contribution < 1.29 is 14.0 Å². The SMILES string of the molecule is COc1cccc(OC)c1C1CCN(c2n[n+](=O)c3cc4c(cc3n2[O-])CCC4)C1. The van der Waals surface area contributed by atoms with Gasteiger partial charge in [-0.1, -0.05) is 6.07 Å². The molecule has 5 rings (SSSR count). The lowest BCUT2D eigenvalue weighted by atomic mass is 9.96. The predicted molar refractivity (Wildman–Crippen MR) is 113 cm³/mol. The minimum Gasteiger partial charge on any atom is -0.803 e. The lowest BCUT2D eigenvalue weighted by molar-refractivity contribution is -0.535. The fraction of sp³-hybridized carbons (Fsp3) is 0.409. The van der Waals surface area contributed by atoms with Crippen molar-refractivity contribution in [3.05, 3.63) is 57.1 Å². The van der Waals surface area contributed by atoms with E-state index in [0.29, 0.717) is 28.7 Å². The van der Waals surface area contributed by atoms with Crippen molar-refractivity contribution in [2.24, 2.45) is 0 Å². The van der Waals surface area contributed by atoms with E-state index in [0.717, 1.165) is 58.6 Å². The normalized spacial score (nSPS) is 18.1. The fourth-order valence-electron chi connectivity index (χ4n) is 4.85. The molecule has 1 fully saturated rings. The Bertz CT molecular complexity index is 1170. The second kappa shape index (κ2) is 7.19. The van der Waals surface area contributed by atoms with E-state index in [1.165, 1.54) is 0 Å². The van der Waals surface area contributed by atoms with Crippen molar-refractivity contribution in [1.29, 1.82) is 0 Å². The number of methoxy groups -OCH3 is 2. The van der Waals surface area contributed by atoms with Gasteiger partial charge in [0.2, 0.25) is 0 Å². The average Bonchev–Trinajstić information content (AvgIpc) is 3.43. The number of hydrogen-bond donors (Lipinski definition) is 0. The minimum absolute atomic E-state index is 0.105. The molecule has 0 N–H and O–H groups in total. The van der Waals surface area contributed by atoms with Gasteiger partial charge in [-0.3, -0.25) is 0 Å². The average molecular weight is 408 g/mol. The van der Waals surface area contributed by atoms with Crippen LogP contribution < -0.4 is 18.9 Å². The highest BCUT2D eigenvalue weighted by Crippen LogP contribution is 2.40. The Labute approximate surface area is 173 Å². The zero-order valence-electron chi connectivity index (χ0n) is 17.1. The molecule has 0 radical (unpaired) electrons. The molecular formula is C22H24N4O4. The van der Waals surface area contributed by atoms with Crippen LogP contribution in [0.15, 0.2) is 30.3 Å². The molecule has 3 aromatic rings. The van der Waals surface area contributed by atoms with Crippen molar-refractivity contribution in [2.45, 2.75) is 31.6 Å². The number of benzene rings is 2. The number of rotatable bonds is 4. The largest absolute Gasteiger partial charge is 0.803 e. The van der Waals surface area contributed by atoms with E-state index >= 15 is 0 Å². The van der Waals surface area contributed by atoms with Gasteiger partial charge in [-0.15, -0.1) is 0 Å². The molecule has 1 aliphatic heterocycles. The van der Waals surface area contributed by atoms with Gasteiger partial charge in [-0.05, 0) is 55.0 Å². The molecule has 1 atom stereocenters. The molecule has 0 spiro atoms. The molecule has 0 amide bonds. The quantitative estimate of drug-likeness (QED) is 0.617. The summed E-state index contributed by atoms with van der Waals surface area (Å²) in [5.41, 5.74) is 4.00. The molecule has 8 heteroatoms. The van der Waals surface area contributed by atoms with E-state index in [1.807, 2.05) is 35.2 Å². The second-order valence-corrected chi connectivity index (χ2v) is 7.94. The maximum atomic E-state index is 13.2. The third-order valence-electron chi connectivity index (χ3n) is 6.32. The van der Waals surface area contributed by atoms with Gasteiger partial charge >= 0.3 is 5.52 Å². The van der Waals surface area contributed by atoms with Gasteiger partial charge in [0.05, 0.1) is 24.2 Å². The molecule has 2 aliphatic rings. The Hall–Kier alpha value is -3.29. The number of hydrogen-bond acceptors (Lipinski definition) is 6. The topological polar surface area (TPSA) is 85.6 Å². The summed E-state index contributed by atoms with van der Waals surface area (Å²) in [5, 5.41) is 17.3. The number of aryl methyl sites for hydroxylation is 2. The van der Waals surface area contributed by atoms with E-state index in [-0.39, 0.29) is 11.9 Å². The first-order chi connectivity index (χ1) is 14.6. The summed E-state index contributed by atoms with van der Waals surface area (Å²) in [6.07, 6.45) is 3.75. The summed E-state index contributed by atoms with van der Waals surface area (Å²) in [5.74, 6) is 1.77. The number of ether oxygens (including phenoxy) is 2. The molecule has 0 saturated carbocycles. The van der Waals surface area contributed by atoms with Crippen LogP contribution in [-0.4, -0.2) is 37.1 Å². The van der Waals surface area contributed by atoms with Gasteiger partial charge in [0.15, 0.2) is 4.54 Å². The molecular weight excluding hydrogens is 384 g/mol. The molecule has 156 valence electrons. The maximum Gasteiger partial charge on any atom is 0.318 e. The van der Waals surface area contributed by atoms with Crippen LogP contribution in [0.4, 0.5) is 5.95 Å². The zero-order valence-corrected chi connectivity index (χ0v) is 17.1. The minimum atomic E-state index is 0.105. The van der Waals surface area contributed by atoms with Crippen LogP contribution >= 0.6 is 0 Å².